The zero-order valence-electron chi connectivity index (χ0n) is 22.2. The normalized spacial score (nSPS) is 15.4. The number of non-ortho nitro benzene ring substituents is 1. The Morgan fingerprint density at radius 2 is 1.79 bits per heavy atom. The van der Waals surface area contributed by atoms with E-state index in [0.29, 0.717) is 12.8 Å². The molecular weight excluding hydrogens is 510 g/mol. The maximum atomic E-state index is 13.6. The van der Waals surface area contributed by atoms with Gasteiger partial charge in [-0.25, -0.2) is 13.2 Å². The molecule has 0 unspecified atom stereocenters. The van der Waals surface area contributed by atoms with Gasteiger partial charge in [-0.3, -0.25) is 15.0 Å². The number of ether oxygens (including phenoxy) is 1. The summed E-state index contributed by atoms with van der Waals surface area (Å²) in [6.07, 6.45) is 3.98. The number of amides is 1. The molecule has 2 aromatic carbocycles. The Morgan fingerprint density at radius 3 is 2.42 bits per heavy atom. The lowest BCUT2D eigenvalue weighted by molar-refractivity contribution is -0.385. The Labute approximate surface area is 224 Å². The lowest BCUT2D eigenvalue weighted by Crippen LogP contribution is -2.42. The SMILES string of the molecule is CC(C)(C)OC(=O)N[C@@H](CCc1ccccc1)CCN(OC1CCCC1)S(=O)(=O)c1cccc([N+](=O)[O-])c1. The van der Waals surface area contributed by atoms with Crippen LogP contribution in [0.15, 0.2) is 59.5 Å². The highest BCUT2D eigenvalue weighted by Crippen LogP contribution is 2.27. The van der Waals surface area contributed by atoms with Gasteiger partial charge >= 0.3 is 6.09 Å². The van der Waals surface area contributed by atoms with E-state index in [1.54, 1.807) is 20.8 Å². The average Bonchev–Trinajstić information content (AvgIpc) is 3.37. The molecular formula is C27H37N3O7S. The second-order valence-electron chi connectivity index (χ2n) is 10.5. The molecule has 1 saturated carbocycles. The Balaban J connectivity index is 1.80. The van der Waals surface area contributed by atoms with Crippen LogP contribution in [0.5, 0.6) is 0 Å². The van der Waals surface area contributed by atoms with Gasteiger partial charge in [0.15, 0.2) is 0 Å². The molecule has 208 valence electrons. The fourth-order valence-electron chi connectivity index (χ4n) is 4.27. The van der Waals surface area contributed by atoms with Gasteiger partial charge in [0.05, 0.1) is 15.9 Å². The van der Waals surface area contributed by atoms with E-state index in [0.717, 1.165) is 41.8 Å². The van der Waals surface area contributed by atoms with Gasteiger partial charge in [0, 0.05) is 24.7 Å². The van der Waals surface area contributed by atoms with E-state index >= 15 is 0 Å². The Morgan fingerprint density at radius 1 is 1.11 bits per heavy atom. The van der Waals surface area contributed by atoms with E-state index in [1.165, 1.54) is 18.2 Å². The number of rotatable bonds is 12. The monoisotopic (exact) mass is 547 g/mol. The van der Waals surface area contributed by atoms with Gasteiger partial charge in [-0.1, -0.05) is 53.7 Å². The number of aryl methyl sites for hydroxylation is 1. The van der Waals surface area contributed by atoms with Crippen LogP contribution in [0, 0.1) is 10.1 Å². The van der Waals surface area contributed by atoms with E-state index in [-0.39, 0.29) is 29.7 Å². The third-order valence-electron chi connectivity index (χ3n) is 6.17. The molecule has 0 radical (unpaired) electrons. The zero-order valence-corrected chi connectivity index (χ0v) is 23.0. The summed E-state index contributed by atoms with van der Waals surface area (Å²) in [6.45, 7) is 5.27. The Kier molecular flexibility index (Phi) is 10.2. The standard InChI is InChI=1S/C27H37N3O7S/c1-27(2,3)36-26(31)28-22(17-16-21-10-5-4-6-11-21)18-19-29(37-24-13-7-8-14-24)38(34,35)25-15-9-12-23(20-25)30(32)33/h4-6,9-12,15,20,22,24H,7-8,13-14,16-19H2,1-3H3,(H,28,31)/t22-/m0/s1. The number of sulfonamides is 1. The molecule has 0 aromatic heterocycles. The van der Waals surface area contributed by atoms with Gasteiger partial charge in [0.2, 0.25) is 0 Å². The third-order valence-corrected chi connectivity index (χ3v) is 7.82. The lowest BCUT2D eigenvalue weighted by atomic mass is 10.0. The summed E-state index contributed by atoms with van der Waals surface area (Å²) in [5.74, 6) is 0. The first-order chi connectivity index (χ1) is 17.9. The summed E-state index contributed by atoms with van der Waals surface area (Å²) in [7, 11) is -4.20. The minimum atomic E-state index is -4.20. The first kappa shape index (κ1) is 29.5. The summed E-state index contributed by atoms with van der Waals surface area (Å²) in [6, 6.07) is 14.3. The molecule has 0 heterocycles. The summed E-state index contributed by atoms with van der Waals surface area (Å²) in [5.41, 5.74) is 0.0860. The van der Waals surface area contributed by atoms with Gasteiger partial charge in [-0.15, -0.1) is 0 Å². The molecule has 1 N–H and O–H groups in total. The van der Waals surface area contributed by atoms with E-state index in [4.69, 9.17) is 9.57 Å². The average molecular weight is 548 g/mol. The number of nitrogens with one attached hydrogen (secondary N) is 1. The van der Waals surface area contributed by atoms with Gasteiger partial charge in [0.25, 0.3) is 15.7 Å². The number of nitro groups is 1. The van der Waals surface area contributed by atoms with Crippen molar-refractivity contribution in [3.63, 3.8) is 0 Å². The number of alkyl carbamates (subject to hydrolysis) is 1. The molecule has 0 aliphatic heterocycles. The number of benzene rings is 2. The van der Waals surface area contributed by atoms with E-state index in [9.17, 15) is 23.3 Å². The first-order valence-electron chi connectivity index (χ1n) is 12.9. The van der Waals surface area contributed by atoms with Crippen molar-refractivity contribution in [2.45, 2.75) is 88.4 Å². The molecule has 3 rings (SSSR count). The van der Waals surface area contributed by atoms with Crippen LogP contribution in [0.1, 0.15) is 64.9 Å². The van der Waals surface area contributed by atoms with Gasteiger partial charge in [-0.2, -0.15) is 0 Å². The van der Waals surface area contributed by atoms with Crippen LogP contribution in [0.3, 0.4) is 0 Å². The van der Waals surface area contributed by atoms with E-state index < -0.39 is 32.7 Å². The van der Waals surface area contributed by atoms with Crippen LogP contribution in [0.2, 0.25) is 0 Å². The molecule has 0 bridgehead atoms. The Hall–Kier alpha value is -3.02. The smallest absolute Gasteiger partial charge is 0.407 e. The number of carbonyl (C=O) groups excluding carboxylic acids is 1. The number of nitro benzene ring substituents is 1. The van der Waals surface area contributed by atoms with Crippen molar-refractivity contribution < 1.29 is 27.7 Å². The number of hydroxylamine groups is 1. The second kappa shape index (κ2) is 13.2. The number of nitrogens with zero attached hydrogens (tertiary/aromatic N) is 2. The lowest BCUT2D eigenvalue weighted by Gasteiger charge is -2.28. The van der Waals surface area contributed by atoms with Crippen molar-refractivity contribution in [2.75, 3.05) is 6.54 Å². The van der Waals surface area contributed by atoms with Crippen LogP contribution < -0.4 is 5.32 Å². The topological polar surface area (TPSA) is 128 Å². The van der Waals surface area contributed by atoms with Gasteiger partial charge < -0.3 is 10.1 Å². The third kappa shape index (κ3) is 9.07. The van der Waals surface area contributed by atoms with Crippen molar-refractivity contribution in [2.24, 2.45) is 0 Å². The van der Waals surface area contributed by atoms with Crippen LogP contribution in [0.4, 0.5) is 10.5 Å². The van der Waals surface area contributed by atoms with Crippen molar-refractivity contribution >= 4 is 21.8 Å². The predicted octanol–water partition coefficient (Wildman–Crippen LogP) is 5.38. The summed E-state index contributed by atoms with van der Waals surface area (Å²) >= 11 is 0. The predicted molar refractivity (Wildman–Crippen MR) is 143 cm³/mol. The van der Waals surface area contributed by atoms with Crippen molar-refractivity contribution in [1.29, 1.82) is 0 Å². The maximum absolute atomic E-state index is 13.6. The van der Waals surface area contributed by atoms with Crippen LogP contribution in [-0.2, 0) is 26.0 Å². The largest absolute Gasteiger partial charge is 0.444 e. The molecule has 0 spiro atoms. The molecule has 1 aliphatic rings. The van der Waals surface area contributed by atoms with Crippen LogP contribution >= 0.6 is 0 Å². The molecule has 11 heteroatoms. The summed E-state index contributed by atoms with van der Waals surface area (Å²) in [5, 5.41) is 14.1. The highest BCUT2D eigenvalue weighted by molar-refractivity contribution is 7.89. The van der Waals surface area contributed by atoms with Gasteiger partial charge in [0.1, 0.15) is 5.60 Å². The first-order valence-corrected chi connectivity index (χ1v) is 14.4. The molecule has 1 fully saturated rings. The highest BCUT2D eigenvalue weighted by atomic mass is 32.2. The van der Waals surface area contributed by atoms with Gasteiger partial charge in [-0.05, 0) is 64.5 Å². The molecule has 1 atom stereocenters. The van der Waals surface area contributed by atoms with Crippen molar-refractivity contribution in [1.82, 2.24) is 9.79 Å². The molecule has 1 amide bonds. The molecule has 2 aromatic rings. The highest BCUT2D eigenvalue weighted by Gasteiger charge is 2.32. The molecule has 1 aliphatic carbocycles. The fraction of sp³-hybridized carbons (Fsp3) is 0.519. The molecule has 38 heavy (non-hydrogen) atoms. The number of hydrogen-bond acceptors (Lipinski definition) is 7. The summed E-state index contributed by atoms with van der Waals surface area (Å²) in [4.78, 5) is 28.9. The van der Waals surface area contributed by atoms with Crippen LogP contribution in [-0.4, -0.2) is 48.2 Å². The minimum Gasteiger partial charge on any atom is -0.444 e. The van der Waals surface area contributed by atoms with Crippen molar-refractivity contribution in [3.05, 3.63) is 70.3 Å². The minimum absolute atomic E-state index is 0.0449. The maximum Gasteiger partial charge on any atom is 0.407 e. The second-order valence-corrected chi connectivity index (χ2v) is 12.3. The Bertz CT molecular complexity index is 1180. The fourth-order valence-corrected chi connectivity index (χ4v) is 5.61. The number of carbonyl (C=O) groups is 1. The molecule has 10 nitrogen and oxygen atoms in total. The van der Waals surface area contributed by atoms with E-state index in [1.807, 2.05) is 30.3 Å². The van der Waals surface area contributed by atoms with E-state index in [2.05, 4.69) is 5.32 Å². The number of hydrogen-bond donors (Lipinski definition) is 1. The van der Waals surface area contributed by atoms with Crippen molar-refractivity contribution in [3.8, 4) is 0 Å². The molecule has 0 saturated heterocycles. The zero-order chi connectivity index (χ0) is 27.8. The quantitative estimate of drug-likeness (QED) is 0.279. The van der Waals surface area contributed by atoms with Crippen LogP contribution in [0.25, 0.3) is 0 Å². The summed E-state index contributed by atoms with van der Waals surface area (Å²) < 4.78 is 33.5.